The minimum absolute atomic E-state index is 0.00855. The van der Waals surface area contributed by atoms with Crippen molar-refractivity contribution in [1.82, 2.24) is 9.80 Å². The zero-order valence-electron chi connectivity index (χ0n) is 14.9. The molecular formula is C19H25ClN2O3S. The molecule has 1 aliphatic carbocycles. The fourth-order valence-electron chi connectivity index (χ4n) is 3.75. The van der Waals surface area contributed by atoms with E-state index >= 15 is 0 Å². The number of Topliss-reactive ketones (excluding diaryl/α,β-unsaturated/α-hetero) is 1. The maximum Gasteiger partial charge on any atom is 0.225 e. The second kappa shape index (κ2) is 9.00. The molecule has 2 amide bonds. The lowest BCUT2D eigenvalue weighted by molar-refractivity contribution is -0.142. The number of thiophene rings is 1. The SMILES string of the molecule is O=C(CCC(=O)N1CCN(C(=O)C2CCCCC2)CC1)c1ccc(Cl)s1. The van der Waals surface area contributed by atoms with Crippen molar-refractivity contribution in [2.75, 3.05) is 26.2 Å². The van der Waals surface area contributed by atoms with E-state index in [0.717, 1.165) is 25.7 Å². The van der Waals surface area contributed by atoms with Crippen molar-refractivity contribution in [3.63, 3.8) is 0 Å². The molecule has 0 aromatic carbocycles. The van der Waals surface area contributed by atoms with E-state index in [0.29, 0.717) is 35.4 Å². The van der Waals surface area contributed by atoms with Gasteiger partial charge in [-0.1, -0.05) is 30.9 Å². The predicted molar refractivity (Wildman–Crippen MR) is 103 cm³/mol. The quantitative estimate of drug-likeness (QED) is 0.714. The van der Waals surface area contributed by atoms with Crippen LogP contribution >= 0.6 is 22.9 Å². The van der Waals surface area contributed by atoms with Crippen LogP contribution < -0.4 is 0 Å². The third-order valence-electron chi connectivity index (χ3n) is 5.31. The van der Waals surface area contributed by atoms with E-state index in [4.69, 9.17) is 11.6 Å². The van der Waals surface area contributed by atoms with Gasteiger partial charge in [-0.05, 0) is 25.0 Å². The van der Waals surface area contributed by atoms with Gasteiger partial charge in [0.15, 0.2) is 5.78 Å². The van der Waals surface area contributed by atoms with Gasteiger partial charge in [0.2, 0.25) is 11.8 Å². The van der Waals surface area contributed by atoms with Crippen molar-refractivity contribution in [3.8, 4) is 0 Å². The first kappa shape index (κ1) is 19.4. The number of hydrogen-bond acceptors (Lipinski definition) is 4. The number of hydrogen-bond donors (Lipinski definition) is 0. The average Bonchev–Trinajstić information content (AvgIpc) is 3.12. The largest absolute Gasteiger partial charge is 0.339 e. The Balaban J connectivity index is 1.41. The summed E-state index contributed by atoms with van der Waals surface area (Å²) in [5.41, 5.74) is 0. The third kappa shape index (κ3) is 4.86. The highest BCUT2D eigenvalue weighted by atomic mass is 35.5. The summed E-state index contributed by atoms with van der Waals surface area (Å²) in [4.78, 5) is 41.3. The molecule has 0 spiro atoms. The van der Waals surface area contributed by atoms with Gasteiger partial charge in [0.05, 0.1) is 9.21 Å². The van der Waals surface area contributed by atoms with Gasteiger partial charge in [-0.25, -0.2) is 0 Å². The summed E-state index contributed by atoms with van der Waals surface area (Å²) in [6, 6.07) is 3.40. The molecule has 2 aliphatic rings. The van der Waals surface area contributed by atoms with Crippen molar-refractivity contribution < 1.29 is 14.4 Å². The molecule has 3 rings (SSSR count). The van der Waals surface area contributed by atoms with Crippen LogP contribution in [0.2, 0.25) is 4.34 Å². The van der Waals surface area contributed by atoms with Gasteiger partial charge >= 0.3 is 0 Å². The van der Waals surface area contributed by atoms with Gasteiger partial charge in [0.1, 0.15) is 0 Å². The Morgan fingerprint density at radius 3 is 2.23 bits per heavy atom. The van der Waals surface area contributed by atoms with Crippen molar-refractivity contribution in [2.45, 2.75) is 44.9 Å². The Bertz CT molecular complexity index is 661. The zero-order chi connectivity index (χ0) is 18.5. The fraction of sp³-hybridized carbons (Fsp3) is 0.632. The Morgan fingerprint density at radius 2 is 1.62 bits per heavy atom. The van der Waals surface area contributed by atoms with Crippen molar-refractivity contribution >= 4 is 40.5 Å². The van der Waals surface area contributed by atoms with Crippen LogP contribution in [-0.4, -0.2) is 53.6 Å². The third-order valence-corrected chi connectivity index (χ3v) is 6.58. The lowest BCUT2D eigenvalue weighted by Gasteiger charge is -2.37. The molecule has 2 heterocycles. The van der Waals surface area contributed by atoms with E-state index in [-0.39, 0.29) is 36.4 Å². The number of carbonyl (C=O) groups excluding carboxylic acids is 3. The van der Waals surface area contributed by atoms with Crippen molar-refractivity contribution in [2.24, 2.45) is 5.92 Å². The van der Waals surface area contributed by atoms with Gasteiger partial charge in [0, 0.05) is 44.9 Å². The average molecular weight is 397 g/mol. The van der Waals surface area contributed by atoms with E-state index in [2.05, 4.69) is 0 Å². The molecule has 0 unspecified atom stereocenters. The summed E-state index contributed by atoms with van der Waals surface area (Å²) < 4.78 is 0.582. The molecular weight excluding hydrogens is 372 g/mol. The first-order chi connectivity index (χ1) is 12.5. The normalized spacial score (nSPS) is 18.8. The maximum atomic E-state index is 12.6. The summed E-state index contributed by atoms with van der Waals surface area (Å²) in [5, 5.41) is 0. The maximum absolute atomic E-state index is 12.6. The standard InChI is InChI=1S/C19H25ClN2O3S/c20-17-8-7-16(26-17)15(23)6-9-18(24)21-10-12-22(13-11-21)19(25)14-4-2-1-3-5-14/h7-8,14H,1-6,9-13H2. The predicted octanol–water partition coefficient (Wildman–Crippen LogP) is 3.62. The molecule has 26 heavy (non-hydrogen) atoms. The summed E-state index contributed by atoms with van der Waals surface area (Å²) in [6.07, 6.45) is 5.97. The summed E-state index contributed by atoms with van der Waals surface area (Å²) in [7, 11) is 0. The molecule has 1 aliphatic heterocycles. The number of ketones is 1. The van der Waals surface area contributed by atoms with Crippen LogP contribution in [0.4, 0.5) is 0 Å². The van der Waals surface area contributed by atoms with Crippen LogP contribution in [-0.2, 0) is 9.59 Å². The molecule has 1 saturated heterocycles. The summed E-state index contributed by atoms with van der Waals surface area (Å²) in [5.74, 6) is 0.398. The van der Waals surface area contributed by atoms with E-state index in [9.17, 15) is 14.4 Å². The topological polar surface area (TPSA) is 57.7 Å². The smallest absolute Gasteiger partial charge is 0.225 e. The molecule has 1 aromatic heterocycles. The second-order valence-corrected chi connectivity index (χ2v) is 8.78. The van der Waals surface area contributed by atoms with Crippen LogP contribution in [0.5, 0.6) is 0 Å². The summed E-state index contributed by atoms with van der Waals surface area (Å²) >= 11 is 7.09. The van der Waals surface area contributed by atoms with E-state index in [1.54, 1.807) is 17.0 Å². The first-order valence-electron chi connectivity index (χ1n) is 9.39. The molecule has 0 radical (unpaired) electrons. The number of piperazine rings is 1. The monoisotopic (exact) mass is 396 g/mol. The summed E-state index contributed by atoms with van der Waals surface area (Å²) in [6.45, 7) is 2.34. The molecule has 0 atom stereocenters. The Labute approximate surface area is 163 Å². The van der Waals surface area contributed by atoms with Crippen LogP contribution in [0.15, 0.2) is 12.1 Å². The highest BCUT2D eigenvalue weighted by molar-refractivity contribution is 7.18. The molecule has 1 saturated carbocycles. The lowest BCUT2D eigenvalue weighted by atomic mass is 9.88. The zero-order valence-corrected chi connectivity index (χ0v) is 16.5. The minimum atomic E-state index is -0.0404. The molecule has 5 nitrogen and oxygen atoms in total. The minimum Gasteiger partial charge on any atom is -0.339 e. The molecule has 1 aromatic rings. The van der Waals surface area contributed by atoms with E-state index < -0.39 is 0 Å². The number of nitrogens with zero attached hydrogens (tertiary/aromatic N) is 2. The number of carbonyl (C=O) groups is 3. The van der Waals surface area contributed by atoms with E-state index in [1.165, 1.54) is 17.8 Å². The molecule has 2 fully saturated rings. The first-order valence-corrected chi connectivity index (χ1v) is 10.6. The van der Waals surface area contributed by atoms with Gasteiger partial charge in [-0.3, -0.25) is 14.4 Å². The van der Waals surface area contributed by atoms with Crippen molar-refractivity contribution in [1.29, 1.82) is 0 Å². The lowest BCUT2D eigenvalue weighted by Crippen LogP contribution is -2.52. The van der Waals surface area contributed by atoms with Crippen LogP contribution in [0.1, 0.15) is 54.6 Å². The van der Waals surface area contributed by atoms with Gasteiger partial charge in [-0.2, -0.15) is 0 Å². The molecule has 142 valence electrons. The number of rotatable bonds is 5. The Morgan fingerprint density at radius 1 is 0.962 bits per heavy atom. The highest BCUT2D eigenvalue weighted by Crippen LogP contribution is 2.26. The van der Waals surface area contributed by atoms with Crippen molar-refractivity contribution in [3.05, 3.63) is 21.3 Å². The fourth-order valence-corrected chi connectivity index (χ4v) is 4.76. The number of halogens is 1. The van der Waals surface area contributed by atoms with Crippen LogP contribution in [0, 0.1) is 5.92 Å². The Kier molecular flexibility index (Phi) is 6.70. The van der Waals surface area contributed by atoms with Crippen LogP contribution in [0.25, 0.3) is 0 Å². The van der Waals surface area contributed by atoms with Gasteiger partial charge in [0.25, 0.3) is 0 Å². The second-order valence-electron chi connectivity index (χ2n) is 7.07. The highest BCUT2D eigenvalue weighted by Gasteiger charge is 2.29. The van der Waals surface area contributed by atoms with E-state index in [1.807, 2.05) is 4.90 Å². The Hall–Kier alpha value is -1.40. The van der Waals surface area contributed by atoms with Crippen LogP contribution in [0.3, 0.4) is 0 Å². The number of amides is 2. The van der Waals surface area contributed by atoms with Gasteiger partial charge in [-0.15, -0.1) is 11.3 Å². The molecule has 7 heteroatoms. The molecule has 0 N–H and O–H groups in total. The van der Waals surface area contributed by atoms with Gasteiger partial charge < -0.3 is 9.80 Å². The molecule has 0 bridgehead atoms.